The van der Waals surface area contributed by atoms with E-state index in [1.54, 1.807) is 37.5 Å². The van der Waals surface area contributed by atoms with E-state index >= 15 is 0 Å². The van der Waals surface area contributed by atoms with Gasteiger partial charge in [0.1, 0.15) is 0 Å². The summed E-state index contributed by atoms with van der Waals surface area (Å²) in [5.74, 6) is 0. The highest BCUT2D eigenvalue weighted by atomic mass is 19.4. The number of fused-ring (bicyclic) bond motifs is 1. The summed E-state index contributed by atoms with van der Waals surface area (Å²) in [5.41, 5.74) is -0.0202. The number of aliphatic hydroxyl groups is 1. The van der Waals surface area contributed by atoms with Gasteiger partial charge in [-0.2, -0.15) is 13.2 Å². The largest absolute Gasteiger partial charge is 0.418 e. The first kappa shape index (κ1) is 13.9. The van der Waals surface area contributed by atoms with E-state index in [9.17, 15) is 18.3 Å². The zero-order chi connectivity index (χ0) is 14.4. The van der Waals surface area contributed by atoms with Crippen LogP contribution < -0.4 is 0 Å². The number of benzene rings is 1. The number of hydrogen-bond acceptors (Lipinski definition) is 1. The van der Waals surface area contributed by atoms with Gasteiger partial charge >= 0.3 is 6.18 Å². The second-order valence-corrected chi connectivity index (χ2v) is 4.95. The molecule has 1 atom stereocenters. The molecule has 1 N–H and O–H groups in total. The molecule has 19 heavy (non-hydrogen) atoms. The molecule has 0 saturated carbocycles. The fraction of sp³-hybridized carbons (Fsp3) is 0.429. The first-order chi connectivity index (χ1) is 8.73. The van der Waals surface area contributed by atoms with Crippen LogP contribution in [-0.2, 0) is 6.18 Å². The van der Waals surface area contributed by atoms with Gasteiger partial charge in [-0.1, -0.05) is 12.1 Å². The average Bonchev–Trinajstić information content (AvgIpc) is 2.66. The van der Waals surface area contributed by atoms with Crippen LogP contribution in [0, 0.1) is 0 Å². The maximum absolute atomic E-state index is 13.1. The van der Waals surface area contributed by atoms with Crippen LogP contribution in [0.5, 0.6) is 0 Å². The number of aromatic nitrogens is 1. The van der Waals surface area contributed by atoms with Gasteiger partial charge in [0.15, 0.2) is 0 Å². The van der Waals surface area contributed by atoms with Gasteiger partial charge < -0.3 is 9.67 Å². The number of aliphatic hydroxyl groups excluding tert-OH is 1. The van der Waals surface area contributed by atoms with Gasteiger partial charge in [-0.3, -0.25) is 0 Å². The van der Waals surface area contributed by atoms with Crippen molar-refractivity contribution in [3.05, 3.63) is 35.5 Å². The van der Waals surface area contributed by atoms with Crippen LogP contribution >= 0.6 is 0 Å². The Morgan fingerprint density at radius 3 is 2.26 bits per heavy atom. The molecule has 0 spiro atoms. The Bertz CT molecular complexity index is 596. The predicted molar refractivity (Wildman–Crippen MR) is 68.0 cm³/mol. The summed E-state index contributed by atoms with van der Waals surface area (Å²) in [6.45, 7) is 5.16. The van der Waals surface area contributed by atoms with E-state index in [2.05, 4.69) is 0 Å². The molecule has 0 aliphatic heterocycles. The fourth-order valence-electron chi connectivity index (χ4n) is 2.41. The molecular formula is C14H16F3NO. The molecule has 5 heteroatoms. The zero-order valence-corrected chi connectivity index (χ0v) is 11.0. The standard InChI is InChI=1S/C14H16F3NO/c1-8(2)18-12(9(3)19)7-10-5-4-6-11(13(10)18)14(15,16)17/h4-9,19H,1-3H3. The van der Waals surface area contributed by atoms with Crippen molar-refractivity contribution in [2.45, 2.75) is 39.1 Å². The molecule has 1 unspecified atom stereocenters. The quantitative estimate of drug-likeness (QED) is 0.865. The molecule has 0 radical (unpaired) electrons. The van der Waals surface area contributed by atoms with Gasteiger partial charge in [0.25, 0.3) is 0 Å². The minimum absolute atomic E-state index is 0.140. The van der Waals surface area contributed by atoms with E-state index in [-0.39, 0.29) is 11.6 Å². The van der Waals surface area contributed by atoms with Gasteiger partial charge in [-0.25, -0.2) is 0 Å². The molecule has 2 nitrogen and oxygen atoms in total. The summed E-state index contributed by atoms with van der Waals surface area (Å²) in [5, 5.41) is 10.2. The van der Waals surface area contributed by atoms with Gasteiger partial charge in [0.05, 0.1) is 17.2 Å². The molecule has 0 bridgehead atoms. The summed E-state index contributed by atoms with van der Waals surface area (Å²) in [7, 11) is 0. The maximum Gasteiger partial charge on any atom is 0.418 e. The van der Waals surface area contributed by atoms with Crippen molar-refractivity contribution in [2.24, 2.45) is 0 Å². The fourth-order valence-corrected chi connectivity index (χ4v) is 2.41. The molecule has 1 aromatic carbocycles. The van der Waals surface area contributed by atoms with Crippen molar-refractivity contribution in [2.75, 3.05) is 0 Å². The second-order valence-electron chi connectivity index (χ2n) is 4.95. The Morgan fingerprint density at radius 1 is 1.16 bits per heavy atom. The zero-order valence-electron chi connectivity index (χ0n) is 11.0. The Labute approximate surface area is 109 Å². The highest BCUT2D eigenvalue weighted by Gasteiger charge is 2.34. The van der Waals surface area contributed by atoms with Gasteiger partial charge in [-0.05, 0) is 32.9 Å². The number of hydrogen-bond donors (Lipinski definition) is 1. The molecule has 104 valence electrons. The molecule has 2 rings (SSSR count). The number of halogens is 3. The van der Waals surface area contributed by atoms with Crippen LogP contribution in [0.25, 0.3) is 10.9 Å². The van der Waals surface area contributed by atoms with E-state index in [0.29, 0.717) is 11.1 Å². The Morgan fingerprint density at radius 2 is 1.79 bits per heavy atom. The molecule has 0 saturated heterocycles. The highest BCUT2D eigenvalue weighted by Crippen LogP contribution is 2.38. The van der Waals surface area contributed by atoms with Crippen LogP contribution in [0.2, 0.25) is 0 Å². The van der Waals surface area contributed by atoms with E-state index in [1.807, 2.05) is 0 Å². The molecule has 0 aliphatic rings. The number of alkyl halides is 3. The van der Waals surface area contributed by atoms with E-state index in [1.165, 1.54) is 6.07 Å². The molecule has 2 aromatic rings. The second kappa shape index (κ2) is 4.56. The third-order valence-corrected chi connectivity index (χ3v) is 3.14. The number of rotatable bonds is 2. The molecule has 0 amide bonds. The highest BCUT2D eigenvalue weighted by molar-refractivity contribution is 5.85. The Hall–Kier alpha value is -1.49. The minimum atomic E-state index is -4.40. The molecular weight excluding hydrogens is 255 g/mol. The third-order valence-electron chi connectivity index (χ3n) is 3.14. The lowest BCUT2D eigenvalue weighted by molar-refractivity contribution is -0.136. The molecule has 0 fully saturated rings. The monoisotopic (exact) mass is 271 g/mol. The van der Waals surface area contributed by atoms with E-state index < -0.39 is 17.8 Å². The van der Waals surface area contributed by atoms with Gasteiger partial charge in [-0.15, -0.1) is 0 Å². The van der Waals surface area contributed by atoms with E-state index in [4.69, 9.17) is 0 Å². The van der Waals surface area contributed by atoms with Crippen molar-refractivity contribution in [3.8, 4) is 0 Å². The van der Waals surface area contributed by atoms with Crippen LogP contribution in [0.3, 0.4) is 0 Å². The summed E-state index contributed by atoms with van der Waals surface area (Å²) in [6.07, 6.45) is -5.21. The normalized spacial score (nSPS) is 14.3. The lowest BCUT2D eigenvalue weighted by Crippen LogP contribution is -2.12. The topological polar surface area (TPSA) is 25.2 Å². The average molecular weight is 271 g/mol. The lowest BCUT2D eigenvalue weighted by atomic mass is 10.1. The molecule has 1 aromatic heterocycles. The number of para-hydroxylation sites is 1. The minimum Gasteiger partial charge on any atom is -0.387 e. The van der Waals surface area contributed by atoms with Crippen molar-refractivity contribution in [1.29, 1.82) is 0 Å². The molecule has 1 heterocycles. The maximum atomic E-state index is 13.1. The summed E-state index contributed by atoms with van der Waals surface area (Å²) >= 11 is 0. The van der Waals surface area contributed by atoms with Crippen LogP contribution in [0.1, 0.15) is 44.2 Å². The van der Waals surface area contributed by atoms with Crippen LogP contribution in [0.4, 0.5) is 13.2 Å². The summed E-state index contributed by atoms with van der Waals surface area (Å²) in [6, 6.07) is 5.56. The van der Waals surface area contributed by atoms with Gasteiger partial charge in [0, 0.05) is 17.1 Å². The first-order valence-corrected chi connectivity index (χ1v) is 6.12. The van der Waals surface area contributed by atoms with Crippen molar-refractivity contribution in [3.63, 3.8) is 0 Å². The Kier molecular flexibility index (Phi) is 3.34. The molecule has 0 aliphatic carbocycles. The van der Waals surface area contributed by atoms with Gasteiger partial charge in [0.2, 0.25) is 0 Å². The van der Waals surface area contributed by atoms with Crippen molar-refractivity contribution < 1.29 is 18.3 Å². The Balaban J connectivity index is 2.88. The smallest absolute Gasteiger partial charge is 0.387 e. The lowest BCUT2D eigenvalue weighted by Gasteiger charge is -2.19. The van der Waals surface area contributed by atoms with Crippen molar-refractivity contribution >= 4 is 10.9 Å². The third kappa shape index (κ3) is 2.34. The summed E-state index contributed by atoms with van der Waals surface area (Å²) < 4.78 is 40.8. The predicted octanol–water partition coefficient (Wildman–Crippen LogP) is 4.29. The SMILES string of the molecule is CC(O)c1cc2cccc(C(F)(F)F)c2n1C(C)C. The summed E-state index contributed by atoms with van der Waals surface area (Å²) in [4.78, 5) is 0. The van der Waals surface area contributed by atoms with E-state index in [0.717, 1.165) is 6.07 Å². The van der Waals surface area contributed by atoms with Crippen LogP contribution in [-0.4, -0.2) is 9.67 Å². The van der Waals surface area contributed by atoms with Crippen molar-refractivity contribution in [1.82, 2.24) is 4.57 Å². The number of nitrogens with zero attached hydrogens (tertiary/aromatic N) is 1. The first-order valence-electron chi connectivity index (χ1n) is 6.12. The van der Waals surface area contributed by atoms with Crippen LogP contribution in [0.15, 0.2) is 24.3 Å².